The Balaban J connectivity index is 1.93. The number of phenolic OH excluding ortho intramolecular Hbond substituents is 1. The first-order chi connectivity index (χ1) is 9.97. The molecule has 0 radical (unpaired) electrons. The number of nitrogens with one attached hydrogen (secondary N) is 3. The second kappa shape index (κ2) is 6.08. The zero-order chi connectivity index (χ0) is 15.4. The van der Waals surface area contributed by atoms with Gasteiger partial charge in [0.2, 0.25) is 0 Å². The molecule has 2 aromatic rings. The number of carbonyl (C=O) groups is 2. The summed E-state index contributed by atoms with van der Waals surface area (Å²) in [6.45, 7) is 3.88. The van der Waals surface area contributed by atoms with Crippen molar-refractivity contribution >= 4 is 17.5 Å². The van der Waals surface area contributed by atoms with Crippen molar-refractivity contribution in [3.8, 4) is 5.75 Å². The second-order valence-electron chi connectivity index (χ2n) is 4.60. The molecule has 0 atom stereocenters. The van der Waals surface area contributed by atoms with E-state index in [0.29, 0.717) is 5.69 Å². The predicted octanol–water partition coefficient (Wildman–Crippen LogP) is 0.987. The lowest BCUT2D eigenvalue weighted by Crippen LogP contribution is -2.35. The Hall–Kier alpha value is -2.83. The van der Waals surface area contributed by atoms with Crippen LogP contribution in [0.1, 0.15) is 17.0 Å². The molecule has 1 aromatic carbocycles. The van der Waals surface area contributed by atoms with Gasteiger partial charge in [0.15, 0.2) is 0 Å². The molecule has 110 valence electrons. The molecule has 1 aromatic heterocycles. The SMILES string of the molecule is Cc1n[nH]c(C)c1CNC(=O)C(=O)Nc1cccc(O)c1. The monoisotopic (exact) mass is 288 g/mol. The molecule has 7 heteroatoms. The van der Waals surface area contributed by atoms with Gasteiger partial charge in [0, 0.05) is 29.6 Å². The van der Waals surface area contributed by atoms with Gasteiger partial charge in [-0.05, 0) is 26.0 Å². The normalized spacial score (nSPS) is 10.2. The van der Waals surface area contributed by atoms with E-state index in [-0.39, 0.29) is 12.3 Å². The standard InChI is InChI=1S/C14H16N4O3/c1-8-12(9(2)18-17-8)7-15-13(20)14(21)16-10-4-3-5-11(19)6-10/h3-6,19H,7H2,1-2H3,(H,15,20)(H,16,21)(H,17,18). The molecule has 0 fully saturated rings. The number of rotatable bonds is 3. The number of phenols is 1. The Kier molecular flexibility index (Phi) is 4.22. The van der Waals surface area contributed by atoms with E-state index in [1.54, 1.807) is 12.1 Å². The van der Waals surface area contributed by atoms with Gasteiger partial charge in [-0.25, -0.2) is 0 Å². The van der Waals surface area contributed by atoms with Crippen LogP contribution >= 0.6 is 0 Å². The van der Waals surface area contributed by atoms with E-state index < -0.39 is 11.8 Å². The third kappa shape index (κ3) is 3.59. The highest BCUT2D eigenvalue weighted by molar-refractivity contribution is 6.39. The molecule has 2 amide bonds. The molecule has 0 spiro atoms. The van der Waals surface area contributed by atoms with Crippen LogP contribution in [-0.2, 0) is 16.1 Å². The van der Waals surface area contributed by atoms with Crippen LogP contribution in [-0.4, -0.2) is 27.1 Å². The van der Waals surface area contributed by atoms with Crippen molar-refractivity contribution in [2.24, 2.45) is 0 Å². The van der Waals surface area contributed by atoms with Crippen molar-refractivity contribution in [3.05, 3.63) is 41.2 Å². The first-order valence-corrected chi connectivity index (χ1v) is 6.36. The first kappa shape index (κ1) is 14.6. The number of amides is 2. The van der Waals surface area contributed by atoms with E-state index in [4.69, 9.17) is 0 Å². The number of H-pyrrole nitrogens is 1. The van der Waals surface area contributed by atoms with Crippen LogP contribution in [0.3, 0.4) is 0 Å². The number of aryl methyl sites for hydroxylation is 2. The quantitative estimate of drug-likeness (QED) is 0.632. The van der Waals surface area contributed by atoms with Crippen molar-refractivity contribution < 1.29 is 14.7 Å². The fraction of sp³-hybridized carbons (Fsp3) is 0.214. The summed E-state index contributed by atoms with van der Waals surface area (Å²) in [5, 5.41) is 21.0. The number of aromatic hydroxyl groups is 1. The molecule has 0 bridgehead atoms. The molecule has 0 saturated carbocycles. The maximum absolute atomic E-state index is 11.7. The molecule has 2 rings (SSSR count). The minimum atomic E-state index is -0.792. The molecule has 0 unspecified atom stereocenters. The predicted molar refractivity (Wildman–Crippen MR) is 76.6 cm³/mol. The number of hydrogen-bond donors (Lipinski definition) is 4. The van der Waals surface area contributed by atoms with Gasteiger partial charge in [-0.3, -0.25) is 14.7 Å². The van der Waals surface area contributed by atoms with Crippen molar-refractivity contribution in [1.29, 1.82) is 0 Å². The van der Waals surface area contributed by atoms with Crippen LogP contribution < -0.4 is 10.6 Å². The minimum Gasteiger partial charge on any atom is -0.508 e. The van der Waals surface area contributed by atoms with E-state index in [2.05, 4.69) is 20.8 Å². The van der Waals surface area contributed by atoms with Gasteiger partial charge in [-0.1, -0.05) is 6.07 Å². The average Bonchev–Trinajstić information content (AvgIpc) is 2.75. The van der Waals surface area contributed by atoms with Gasteiger partial charge >= 0.3 is 11.8 Å². The summed E-state index contributed by atoms with van der Waals surface area (Å²) in [4.78, 5) is 23.5. The summed E-state index contributed by atoms with van der Waals surface area (Å²) in [7, 11) is 0. The molecule has 0 aliphatic rings. The van der Waals surface area contributed by atoms with Crippen LogP contribution in [0.2, 0.25) is 0 Å². The third-order valence-electron chi connectivity index (χ3n) is 3.02. The summed E-state index contributed by atoms with van der Waals surface area (Å²) >= 11 is 0. The van der Waals surface area contributed by atoms with Gasteiger partial charge in [-0.2, -0.15) is 5.10 Å². The zero-order valence-corrected chi connectivity index (χ0v) is 11.7. The van der Waals surface area contributed by atoms with E-state index in [1.165, 1.54) is 12.1 Å². The van der Waals surface area contributed by atoms with Crippen molar-refractivity contribution in [2.75, 3.05) is 5.32 Å². The van der Waals surface area contributed by atoms with E-state index in [9.17, 15) is 14.7 Å². The molecule has 4 N–H and O–H groups in total. The fourth-order valence-corrected chi connectivity index (χ4v) is 1.85. The first-order valence-electron chi connectivity index (χ1n) is 6.36. The van der Waals surface area contributed by atoms with Gasteiger partial charge < -0.3 is 15.7 Å². The van der Waals surface area contributed by atoms with Crippen LogP contribution in [0.5, 0.6) is 5.75 Å². The maximum atomic E-state index is 11.7. The summed E-state index contributed by atoms with van der Waals surface area (Å²) in [6.07, 6.45) is 0. The van der Waals surface area contributed by atoms with Crippen LogP contribution in [0.15, 0.2) is 24.3 Å². The number of anilines is 1. The summed E-state index contributed by atoms with van der Waals surface area (Å²) < 4.78 is 0. The molecular weight excluding hydrogens is 272 g/mol. The van der Waals surface area contributed by atoms with Crippen LogP contribution in [0, 0.1) is 13.8 Å². The third-order valence-corrected chi connectivity index (χ3v) is 3.02. The molecule has 0 saturated heterocycles. The molecule has 0 aliphatic heterocycles. The Morgan fingerprint density at radius 3 is 2.67 bits per heavy atom. The Morgan fingerprint density at radius 2 is 2.05 bits per heavy atom. The summed E-state index contributed by atoms with van der Waals surface area (Å²) in [6, 6.07) is 5.98. The fourth-order valence-electron chi connectivity index (χ4n) is 1.85. The van der Waals surface area contributed by atoms with Gasteiger partial charge in [0.1, 0.15) is 5.75 Å². The summed E-state index contributed by atoms with van der Waals surface area (Å²) in [5.41, 5.74) is 2.83. The highest BCUT2D eigenvalue weighted by Gasteiger charge is 2.15. The minimum absolute atomic E-state index is 0.0119. The number of aromatic amines is 1. The number of carbonyl (C=O) groups excluding carboxylic acids is 2. The Labute approximate surface area is 121 Å². The van der Waals surface area contributed by atoms with Gasteiger partial charge in [0.05, 0.1) is 5.69 Å². The van der Waals surface area contributed by atoms with Crippen molar-refractivity contribution in [2.45, 2.75) is 20.4 Å². The second-order valence-corrected chi connectivity index (χ2v) is 4.60. The van der Waals surface area contributed by atoms with Gasteiger partial charge in [0.25, 0.3) is 0 Å². The van der Waals surface area contributed by atoms with E-state index >= 15 is 0 Å². The molecule has 0 aliphatic carbocycles. The van der Waals surface area contributed by atoms with Crippen LogP contribution in [0.4, 0.5) is 5.69 Å². The average molecular weight is 288 g/mol. The Morgan fingerprint density at radius 1 is 1.29 bits per heavy atom. The lowest BCUT2D eigenvalue weighted by molar-refractivity contribution is -0.136. The number of hydrogen-bond acceptors (Lipinski definition) is 4. The number of aromatic nitrogens is 2. The van der Waals surface area contributed by atoms with Crippen molar-refractivity contribution in [3.63, 3.8) is 0 Å². The number of benzene rings is 1. The highest BCUT2D eigenvalue weighted by Crippen LogP contribution is 2.15. The molecule has 21 heavy (non-hydrogen) atoms. The van der Waals surface area contributed by atoms with Crippen molar-refractivity contribution in [1.82, 2.24) is 15.5 Å². The molecular formula is C14H16N4O3. The highest BCUT2D eigenvalue weighted by atomic mass is 16.3. The Bertz CT molecular complexity index is 659. The van der Waals surface area contributed by atoms with E-state index in [0.717, 1.165) is 17.0 Å². The lowest BCUT2D eigenvalue weighted by atomic mass is 10.2. The van der Waals surface area contributed by atoms with Crippen LogP contribution in [0.25, 0.3) is 0 Å². The van der Waals surface area contributed by atoms with Gasteiger partial charge in [-0.15, -0.1) is 0 Å². The summed E-state index contributed by atoms with van der Waals surface area (Å²) in [5.74, 6) is -1.53. The smallest absolute Gasteiger partial charge is 0.313 e. The number of nitrogens with zero attached hydrogens (tertiary/aromatic N) is 1. The lowest BCUT2D eigenvalue weighted by Gasteiger charge is -2.07. The molecule has 7 nitrogen and oxygen atoms in total. The maximum Gasteiger partial charge on any atom is 0.313 e. The topological polar surface area (TPSA) is 107 Å². The molecule has 1 heterocycles. The largest absolute Gasteiger partial charge is 0.508 e. The zero-order valence-electron chi connectivity index (χ0n) is 11.7. The van der Waals surface area contributed by atoms with E-state index in [1.807, 2.05) is 13.8 Å².